The number of nitrogens with zero attached hydrogens (tertiary/aromatic N) is 3. The summed E-state index contributed by atoms with van der Waals surface area (Å²) < 4.78 is 2.15. The van der Waals surface area contributed by atoms with E-state index in [9.17, 15) is 4.79 Å². The summed E-state index contributed by atoms with van der Waals surface area (Å²) >= 11 is 0. The zero-order valence-electron chi connectivity index (χ0n) is 11.1. The van der Waals surface area contributed by atoms with Gasteiger partial charge in [-0.3, -0.25) is 4.79 Å². The van der Waals surface area contributed by atoms with E-state index in [1.165, 1.54) is 24.2 Å². The number of imidazole rings is 1. The molecular weight excluding hydrogens is 226 g/mol. The molecule has 1 amide bonds. The van der Waals surface area contributed by atoms with Crippen LogP contribution >= 0.6 is 0 Å². The van der Waals surface area contributed by atoms with Gasteiger partial charge in [0.2, 0.25) is 5.91 Å². The molecule has 0 aromatic carbocycles. The topological polar surface area (TPSA) is 38.1 Å². The van der Waals surface area contributed by atoms with E-state index < -0.39 is 0 Å². The Morgan fingerprint density at radius 3 is 2.67 bits per heavy atom. The maximum atomic E-state index is 12.2. The van der Waals surface area contributed by atoms with Gasteiger partial charge in [0.1, 0.15) is 12.4 Å². The minimum atomic E-state index is 0.265. The van der Waals surface area contributed by atoms with Crippen LogP contribution in [0.1, 0.15) is 42.9 Å². The van der Waals surface area contributed by atoms with Crippen LogP contribution < -0.4 is 0 Å². The second-order valence-corrected chi connectivity index (χ2v) is 5.43. The van der Waals surface area contributed by atoms with Crippen LogP contribution in [0, 0.1) is 6.92 Å². The zero-order chi connectivity index (χ0) is 12.5. The fourth-order valence-electron chi connectivity index (χ4n) is 3.15. The number of carbonyl (C=O) groups is 1. The van der Waals surface area contributed by atoms with Crippen LogP contribution in [0.15, 0.2) is 0 Å². The van der Waals surface area contributed by atoms with Gasteiger partial charge < -0.3 is 9.47 Å². The van der Waals surface area contributed by atoms with E-state index in [1.807, 2.05) is 11.8 Å². The first kappa shape index (κ1) is 11.8. The highest BCUT2D eigenvalue weighted by atomic mass is 16.2. The number of amides is 1. The first-order chi connectivity index (χ1) is 8.75. The Bertz CT molecular complexity index is 458. The molecule has 1 aliphatic heterocycles. The zero-order valence-corrected chi connectivity index (χ0v) is 11.1. The van der Waals surface area contributed by atoms with Crippen LogP contribution in [-0.2, 0) is 24.2 Å². The summed E-state index contributed by atoms with van der Waals surface area (Å²) in [6.45, 7) is 4.40. The first-order valence-electron chi connectivity index (χ1n) is 7.08. The van der Waals surface area contributed by atoms with Gasteiger partial charge in [-0.05, 0) is 45.4 Å². The molecule has 1 fully saturated rings. The number of aromatic nitrogens is 2. The number of rotatable bonds is 2. The SMILES string of the molecule is Cc1nc2c(n1CC(=O)N1CCCC1)CCCC2. The molecule has 0 unspecified atom stereocenters. The molecule has 98 valence electrons. The lowest BCUT2D eigenvalue weighted by Gasteiger charge is -2.19. The Labute approximate surface area is 108 Å². The number of fused-ring (bicyclic) bond motifs is 1. The summed E-state index contributed by atoms with van der Waals surface area (Å²) in [5.74, 6) is 1.27. The quantitative estimate of drug-likeness (QED) is 0.797. The number of likely N-dealkylation sites (tertiary alicyclic amines) is 1. The van der Waals surface area contributed by atoms with Gasteiger partial charge in [0.25, 0.3) is 0 Å². The minimum absolute atomic E-state index is 0.265. The van der Waals surface area contributed by atoms with Crippen molar-refractivity contribution in [3.8, 4) is 0 Å². The van der Waals surface area contributed by atoms with Gasteiger partial charge >= 0.3 is 0 Å². The van der Waals surface area contributed by atoms with Gasteiger partial charge in [0.05, 0.1) is 5.69 Å². The maximum absolute atomic E-state index is 12.2. The van der Waals surface area contributed by atoms with Crippen molar-refractivity contribution in [1.29, 1.82) is 0 Å². The Morgan fingerprint density at radius 1 is 1.17 bits per heavy atom. The molecule has 1 saturated heterocycles. The van der Waals surface area contributed by atoms with Gasteiger partial charge in [-0.2, -0.15) is 0 Å². The average Bonchev–Trinajstić information content (AvgIpc) is 2.98. The number of hydrogen-bond acceptors (Lipinski definition) is 2. The summed E-state index contributed by atoms with van der Waals surface area (Å²) in [4.78, 5) is 18.8. The van der Waals surface area contributed by atoms with Crippen LogP contribution in [0.25, 0.3) is 0 Å². The van der Waals surface area contributed by atoms with E-state index in [1.54, 1.807) is 0 Å². The standard InChI is InChI=1S/C14H21N3O/c1-11-15-12-6-2-3-7-13(12)17(11)10-14(18)16-8-4-5-9-16/h2-10H2,1H3. The van der Waals surface area contributed by atoms with Crippen LogP contribution in [0.4, 0.5) is 0 Å². The molecule has 4 nitrogen and oxygen atoms in total. The van der Waals surface area contributed by atoms with Gasteiger partial charge in [-0.15, -0.1) is 0 Å². The Kier molecular flexibility index (Phi) is 3.10. The predicted molar refractivity (Wildman–Crippen MR) is 69.4 cm³/mol. The Morgan fingerprint density at radius 2 is 1.89 bits per heavy atom. The Balaban J connectivity index is 1.79. The summed E-state index contributed by atoms with van der Waals surface area (Å²) in [5, 5.41) is 0. The molecule has 3 rings (SSSR count). The lowest BCUT2D eigenvalue weighted by Crippen LogP contribution is -2.32. The second kappa shape index (κ2) is 4.75. The van der Waals surface area contributed by atoms with E-state index in [0.29, 0.717) is 6.54 Å². The van der Waals surface area contributed by atoms with E-state index in [4.69, 9.17) is 0 Å². The number of hydrogen-bond donors (Lipinski definition) is 0. The molecule has 1 aromatic rings. The van der Waals surface area contributed by atoms with E-state index in [2.05, 4.69) is 9.55 Å². The molecule has 0 N–H and O–H groups in total. The summed E-state index contributed by atoms with van der Waals surface area (Å²) in [6, 6.07) is 0. The highest BCUT2D eigenvalue weighted by Crippen LogP contribution is 2.22. The highest BCUT2D eigenvalue weighted by molar-refractivity contribution is 5.76. The Hall–Kier alpha value is -1.32. The largest absolute Gasteiger partial charge is 0.341 e. The lowest BCUT2D eigenvalue weighted by molar-refractivity contribution is -0.130. The van der Waals surface area contributed by atoms with E-state index >= 15 is 0 Å². The van der Waals surface area contributed by atoms with Crippen molar-refractivity contribution < 1.29 is 4.79 Å². The van der Waals surface area contributed by atoms with Crippen molar-refractivity contribution in [2.75, 3.05) is 13.1 Å². The third-order valence-electron chi connectivity index (χ3n) is 4.18. The lowest BCUT2D eigenvalue weighted by atomic mass is 10.0. The molecule has 2 heterocycles. The summed E-state index contributed by atoms with van der Waals surface area (Å²) in [7, 11) is 0. The van der Waals surface area contributed by atoms with Crippen molar-refractivity contribution in [2.45, 2.75) is 52.0 Å². The average molecular weight is 247 g/mol. The molecule has 0 atom stereocenters. The van der Waals surface area contributed by atoms with Gasteiger partial charge in [-0.1, -0.05) is 0 Å². The van der Waals surface area contributed by atoms with Crippen LogP contribution in [-0.4, -0.2) is 33.4 Å². The minimum Gasteiger partial charge on any atom is -0.341 e. The van der Waals surface area contributed by atoms with Gasteiger partial charge in [0.15, 0.2) is 0 Å². The smallest absolute Gasteiger partial charge is 0.242 e. The van der Waals surface area contributed by atoms with E-state index in [0.717, 1.165) is 44.6 Å². The molecule has 2 aliphatic rings. The molecule has 0 radical (unpaired) electrons. The van der Waals surface area contributed by atoms with Crippen molar-refractivity contribution >= 4 is 5.91 Å². The summed E-state index contributed by atoms with van der Waals surface area (Å²) in [5.41, 5.74) is 2.54. The predicted octanol–water partition coefficient (Wildman–Crippen LogP) is 1.69. The van der Waals surface area contributed by atoms with Crippen LogP contribution in [0.2, 0.25) is 0 Å². The molecule has 0 bridgehead atoms. The molecule has 4 heteroatoms. The number of aryl methyl sites for hydroxylation is 2. The van der Waals surface area contributed by atoms with Crippen molar-refractivity contribution in [3.05, 3.63) is 17.2 Å². The fourth-order valence-corrected chi connectivity index (χ4v) is 3.15. The van der Waals surface area contributed by atoms with Gasteiger partial charge in [-0.25, -0.2) is 4.98 Å². The third kappa shape index (κ3) is 2.04. The van der Waals surface area contributed by atoms with Gasteiger partial charge in [0, 0.05) is 18.8 Å². The van der Waals surface area contributed by atoms with E-state index in [-0.39, 0.29) is 5.91 Å². The van der Waals surface area contributed by atoms with Crippen LogP contribution in [0.5, 0.6) is 0 Å². The molecule has 18 heavy (non-hydrogen) atoms. The molecule has 1 aliphatic carbocycles. The molecule has 0 saturated carbocycles. The maximum Gasteiger partial charge on any atom is 0.242 e. The van der Waals surface area contributed by atoms with Crippen LogP contribution in [0.3, 0.4) is 0 Å². The summed E-state index contributed by atoms with van der Waals surface area (Å²) in [6.07, 6.45) is 6.96. The molecule has 1 aromatic heterocycles. The monoisotopic (exact) mass is 247 g/mol. The van der Waals surface area contributed by atoms with Crippen molar-refractivity contribution in [3.63, 3.8) is 0 Å². The van der Waals surface area contributed by atoms with Crippen molar-refractivity contribution in [1.82, 2.24) is 14.5 Å². The normalized spacial score (nSPS) is 19.1. The third-order valence-corrected chi connectivity index (χ3v) is 4.18. The molecule has 0 spiro atoms. The first-order valence-corrected chi connectivity index (χ1v) is 7.08. The molecular formula is C14H21N3O. The highest BCUT2D eigenvalue weighted by Gasteiger charge is 2.23. The number of carbonyl (C=O) groups excluding carboxylic acids is 1. The second-order valence-electron chi connectivity index (χ2n) is 5.43. The van der Waals surface area contributed by atoms with Crippen molar-refractivity contribution in [2.24, 2.45) is 0 Å². The fraction of sp³-hybridized carbons (Fsp3) is 0.714.